The van der Waals surface area contributed by atoms with Gasteiger partial charge in [0.15, 0.2) is 23.1 Å². The van der Waals surface area contributed by atoms with Gasteiger partial charge in [-0.3, -0.25) is 4.79 Å². The van der Waals surface area contributed by atoms with Crippen LogP contribution < -0.4 is 9.47 Å². The summed E-state index contributed by atoms with van der Waals surface area (Å²) in [5.74, 6) is -1.30. The van der Waals surface area contributed by atoms with Crippen LogP contribution in [0.15, 0.2) is 36.4 Å². The van der Waals surface area contributed by atoms with Gasteiger partial charge < -0.3 is 14.2 Å². The number of hydrogen-bond acceptors (Lipinski definition) is 4. The second kappa shape index (κ2) is 7.72. The molecule has 2 aromatic carbocycles. The average Bonchev–Trinajstić information content (AvgIpc) is 2.66. The summed E-state index contributed by atoms with van der Waals surface area (Å²) in [6, 6.07) is 9.30. The van der Waals surface area contributed by atoms with E-state index in [0.29, 0.717) is 29.9 Å². The summed E-state index contributed by atoms with van der Waals surface area (Å²) in [6.45, 7) is 0.280. The standard InChI is InChI=1S/C20H20F2O4/c1-24-18-6-4-13(10-19(18)25-2)15-9-14(20(23)26-11-15)7-12-3-5-16(21)17(22)8-12/h3-6,8,10,14-15H,7,9,11H2,1-2H3/t14?,15-/m1/s1. The van der Waals surface area contributed by atoms with Crippen molar-refractivity contribution in [2.45, 2.75) is 18.8 Å². The van der Waals surface area contributed by atoms with Gasteiger partial charge in [0.05, 0.1) is 26.7 Å². The molecule has 6 heteroatoms. The summed E-state index contributed by atoms with van der Waals surface area (Å²) in [7, 11) is 3.13. The van der Waals surface area contributed by atoms with Crippen molar-refractivity contribution in [2.75, 3.05) is 20.8 Å². The number of rotatable bonds is 5. The van der Waals surface area contributed by atoms with Crippen LogP contribution >= 0.6 is 0 Å². The van der Waals surface area contributed by atoms with Gasteiger partial charge >= 0.3 is 5.97 Å². The second-order valence-electron chi connectivity index (χ2n) is 6.33. The van der Waals surface area contributed by atoms with Crippen LogP contribution in [-0.4, -0.2) is 26.8 Å². The van der Waals surface area contributed by atoms with Crippen molar-refractivity contribution in [1.82, 2.24) is 0 Å². The molecule has 4 nitrogen and oxygen atoms in total. The van der Waals surface area contributed by atoms with Gasteiger partial charge in [-0.2, -0.15) is 0 Å². The Labute approximate surface area is 150 Å². The van der Waals surface area contributed by atoms with Gasteiger partial charge in [-0.1, -0.05) is 12.1 Å². The van der Waals surface area contributed by atoms with E-state index in [0.717, 1.165) is 17.7 Å². The molecule has 1 heterocycles. The third-order valence-electron chi connectivity index (χ3n) is 4.67. The fraction of sp³-hybridized carbons (Fsp3) is 0.350. The van der Waals surface area contributed by atoms with Crippen molar-refractivity contribution >= 4 is 5.97 Å². The van der Waals surface area contributed by atoms with Crippen LogP contribution in [0, 0.1) is 17.6 Å². The molecule has 0 aromatic heterocycles. The molecule has 0 aliphatic carbocycles. The van der Waals surface area contributed by atoms with Crippen molar-refractivity contribution in [1.29, 1.82) is 0 Å². The first-order valence-electron chi connectivity index (χ1n) is 8.34. The molecule has 2 aromatic rings. The lowest BCUT2D eigenvalue weighted by atomic mass is 9.84. The van der Waals surface area contributed by atoms with Gasteiger partial charge in [0, 0.05) is 5.92 Å². The highest BCUT2D eigenvalue weighted by molar-refractivity contribution is 5.74. The molecule has 1 aliphatic rings. The molecular weight excluding hydrogens is 342 g/mol. The summed E-state index contributed by atoms with van der Waals surface area (Å²) < 4.78 is 42.4. The molecule has 26 heavy (non-hydrogen) atoms. The van der Waals surface area contributed by atoms with E-state index < -0.39 is 17.6 Å². The molecule has 1 saturated heterocycles. The van der Waals surface area contributed by atoms with Crippen molar-refractivity contribution < 1.29 is 27.8 Å². The van der Waals surface area contributed by atoms with Crippen LogP contribution in [0.2, 0.25) is 0 Å². The first kappa shape index (κ1) is 18.2. The third kappa shape index (κ3) is 3.79. The predicted octanol–water partition coefficient (Wildman–Crippen LogP) is 3.87. The highest BCUT2D eigenvalue weighted by Gasteiger charge is 2.32. The summed E-state index contributed by atoms with van der Waals surface area (Å²) >= 11 is 0. The molecule has 0 bridgehead atoms. The molecule has 1 fully saturated rings. The van der Waals surface area contributed by atoms with Gasteiger partial charge in [0.1, 0.15) is 0 Å². The van der Waals surface area contributed by atoms with Gasteiger partial charge in [-0.05, 0) is 48.2 Å². The topological polar surface area (TPSA) is 44.8 Å². The van der Waals surface area contributed by atoms with E-state index in [4.69, 9.17) is 14.2 Å². The molecule has 1 unspecified atom stereocenters. The lowest BCUT2D eigenvalue weighted by Gasteiger charge is -2.29. The Balaban J connectivity index is 1.77. The zero-order valence-corrected chi connectivity index (χ0v) is 14.6. The maximum atomic E-state index is 13.4. The number of benzene rings is 2. The molecule has 138 valence electrons. The number of halogens is 2. The van der Waals surface area contributed by atoms with Gasteiger partial charge in [0.25, 0.3) is 0 Å². The number of carbonyl (C=O) groups is 1. The molecule has 0 spiro atoms. The Kier molecular flexibility index (Phi) is 5.40. The number of cyclic esters (lactones) is 1. The van der Waals surface area contributed by atoms with E-state index in [9.17, 15) is 13.6 Å². The highest BCUT2D eigenvalue weighted by atomic mass is 19.2. The Hall–Kier alpha value is -2.63. The lowest BCUT2D eigenvalue weighted by Crippen LogP contribution is -2.31. The van der Waals surface area contributed by atoms with Crippen LogP contribution in [0.3, 0.4) is 0 Å². The molecule has 0 N–H and O–H groups in total. The number of esters is 1. The summed E-state index contributed by atoms with van der Waals surface area (Å²) in [5, 5.41) is 0. The molecule has 3 rings (SSSR count). The normalized spacial score (nSPS) is 19.8. The minimum atomic E-state index is -0.914. The van der Waals surface area contributed by atoms with Crippen LogP contribution in [0.1, 0.15) is 23.5 Å². The van der Waals surface area contributed by atoms with E-state index in [2.05, 4.69) is 0 Å². The van der Waals surface area contributed by atoms with Crippen molar-refractivity contribution in [2.24, 2.45) is 5.92 Å². The first-order valence-corrected chi connectivity index (χ1v) is 8.34. The number of methoxy groups -OCH3 is 2. The summed E-state index contributed by atoms with van der Waals surface area (Å²) in [5.41, 5.74) is 1.55. The average molecular weight is 362 g/mol. The van der Waals surface area contributed by atoms with E-state index in [1.54, 1.807) is 14.2 Å². The first-order chi connectivity index (χ1) is 12.5. The van der Waals surface area contributed by atoms with E-state index >= 15 is 0 Å². The maximum absolute atomic E-state index is 13.4. The van der Waals surface area contributed by atoms with Crippen molar-refractivity contribution in [3.05, 3.63) is 59.2 Å². The van der Waals surface area contributed by atoms with Crippen LogP contribution in [0.5, 0.6) is 11.5 Å². The quantitative estimate of drug-likeness (QED) is 0.758. The monoisotopic (exact) mass is 362 g/mol. The molecule has 0 saturated carbocycles. The number of carbonyl (C=O) groups excluding carboxylic acids is 1. The zero-order valence-electron chi connectivity index (χ0n) is 14.6. The maximum Gasteiger partial charge on any atom is 0.309 e. The smallest absolute Gasteiger partial charge is 0.309 e. The second-order valence-corrected chi connectivity index (χ2v) is 6.33. The predicted molar refractivity (Wildman–Crippen MR) is 91.4 cm³/mol. The largest absolute Gasteiger partial charge is 0.493 e. The molecule has 2 atom stereocenters. The number of hydrogen-bond donors (Lipinski definition) is 0. The van der Waals surface area contributed by atoms with Gasteiger partial charge in [-0.15, -0.1) is 0 Å². The zero-order chi connectivity index (χ0) is 18.7. The van der Waals surface area contributed by atoms with E-state index in [-0.39, 0.29) is 18.5 Å². The SMILES string of the molecule is COc1ccc([C@H]2COC(=O)C(Cc3ccc(F)c(F)c3)C2)cc1OC. The fourth-order valence-corrected chi connectivity index (χ4v) is 3.27. The van der Waals surface area contributed by atoms with Gasteiger partial charge in [-0.25, -0.2) is 8.78 Å². The molecule has 0 radical (unpaired) electrons. The van der Waals surface area contributed by atoms with E-state index in [1.165, 1.54) is 6.07 Å². The van der Waals surface area contributed by atoms with Crippen molar-refractivity contribution in [3.8, 4) is 11.5 Å². The molecular formula is C20H20F2O4. The van der Waals surface area contributed by atoms with E-state index in [1.807, 2.05) is 18.2 Å². The van der Waals surface area contributed by atoms with Crippen LogP contribution in [0.4, 0.5) is 8.78 Å². The third-order valence-corrected chi connectivity index (χ3v) is 4.67. The molecule has 0 amide bonds. The van der Waals surface area contributed by atoms with Crippen LogP contribution in [0.25, 0.3) is 0 Å². The van der Waals surface area contributed by atoms with Gasteiger partial charge in [0.2, 0.25) is 0 Å². The molecule has 1 aliphatic heterocycles. The lowest BCUT2D eigenvalue weighted by molar-refractivity contribution is -0.154. The number of ether oxygens (including phenoxy) is 3. The minimum Gasteiger partial charge on any atom is -0.493 e. The summed E-state index contributed by atoms with van der Waals surface area (Å²) in [6.07, 6.45) is 0.868. The fourth-order valence-electron chi connectivity index (χ4n) is 3.27. The Morgan fingerprint density at radius 3 is 2.50 bits per heavy atom. The van der Waals surface area contributed by atoms with Crippen LogP contribution in [-0.2, 0) is 16.0 Å². The highest BCUT2D eigenvalue weighted by Crippen LogP contribution is 2.36. The Morgan fingerprint density at radius 2 is 1.81 bits per heavy atom. The minimum absolute atomic E-state index is 0.00259. The Morgan fingerprint density at radius 1 is 1.04 bits per heavy atom. The Bertz CT molecular complexity index is 806. The van der Waals surface area contributed by atoms with Crippen molar-refractivity contribution in [3.63, 3.8) is 0 Å². The summed E-state index contributed by atoms with van der Waals surface area (Å²) in [4.78, 5) is 12.1.